The fourth-order valence-corrected chi connectivity index (χ4v) is 4.58. The number of likely N-dealkylation sites (tertiary alicyclic amines) is 1. The van der Waals surface area contributed by atoms with Crippen molar-refractivity contribution in [2.45, 2.75) is 63.1 Å². The summed E-state index contributed by atoms with van der Waals surface area (Å²) in [6.07, 6.45) is 8.93. The van der Waals surface area contributed by atoms with E-state index in [-0.39, 0.29) is 17.9 Å². The quantitative estimate of drug-likeness (QED) is 0.792. The molecule has 0 radical (unpaired) electrons. The number of aromatic nitrogens is 1. The minimum absolute atomic E-state index is 0.0180. The first kappa shape index (κ1) is 20.1. The van der Waals surface area contributed by atoms with Crippen LogP contribution in [0.2, 0.25) is 0 Å². The van der Waals surface area contributed by atoms with Gasteiger partial charge in [-0.2, -0.15) is 5.26 Å². The number of carbonyl (C=O) groups excluding carboxylic acids is 1. The van der Waals surface area contributed by atoms with Crippen LogP contribution in [0.25, 0.3) is 0 Å². The van der Waals surface area contributed by atoms with Crippen molar-refractivity contribution in [3.8, 4) is 6.07 Å². The van der Waals surface area contributed by atoms with Crippen LogP contribution in [-0.2, 0) is 9.53 Å². The van der Waals surface area contributed by atoms with E-state index in [0.717, 1.165) is 64.8 Å². The summed E-state index contributed by atoms with van der Waals surface area (Å²) < 4.78 is 5.56. The fourth-order valence-electron chi connectivity index (χ4n) is 4.58. The molecule has 1 aromatic heterocycles. The van der Waals surface area contributed by atoms with Crippen molar-refractivity contribution in [1.29, 1.82) is 5.26 Å². The van der Waals surface area contributed by atoms with Crippen LogP contribution in [0, 0.1) is 17.2 Å². The number of nitrogens with zero attached hydrogens (tertiary/aromatic N) is 3. The highest BCUT2D eigenvalue weighted by Gasteiger charge is 2.34. The van der Waals surface area contributed by atoms with Gasteiger partial charge in [0.15, 0.2) is 0 Å². The summed E-state index contributed by atoms with van der Waals surface area (Å²) in [7, 11) is 0. The molecule has 3 heterocycles. The van der Waals surface area contributed by atoms with Crippen molar-refractivity contribution in [3.05, 3.63) is 23.9 Å². The van der Waals surface area contributed by atoms with Crippen LogP contribution < -0.4 is 10.6 Å². The van der Waals surface area contributed by atoms with Crippen molar-refractivity contribution in [3.63, 3.8) is 0 Å². The maximum atomic E-state index is 12.9. The van der Waals surface area contributed by atoms with Gasteiger partial charge in [-0.25, -0.2) is 4.98 Å². The highest BCUT2D eigenvalue weighted by molar-refractivity contribution is 5.79. The molecule has 0 aromatic carbocycles. The third-order valence-corrected chi connectivity index (χ3v) is 6.57. The molecule has 2 aliphatic heterocycles. The van der Waals surface area contributed by atoms with Crippen LogP contribution in [0.4, 0.5) is 5.82 Å². The third-order valence-electron chi connectivity index (χ3n) is 6.57. The second kappa shape index (κ2) is 9.55. The SMILES string of the molecule is N#Cc1cccnc1N[C@H]1CC[C@@H](C(=O)NC2CCC2)CN(C2CCOCC2)C1. The van der Waals surface area contributed by atoms with Gasteiger partial charge < -0.3 is 15.4 Å². The number of nitriles is 1. The predicted octanol–water partition coefficient (Wildman–Crippen LogP) is 2.29. The summed E-state index contributed by atoms with van der Waals surface area (Å²) >= 11 is 0. The van der Waals surface area contributed by atoms with Crippen LogP contribution in [-0.4, -0.2) is 60.2 Å². The minimum Gasteiger partial charge on any atom is -0.381 e. The van der Waals surface area contributed by atoms with Crippen molar-refractivity contribution in [2.75, 3.05) is 31.6 Å². The van der Waals surface area contributed by atoms with E-state index in [4.69, 9.17) is 4.74 Å². The zero-order valence-corrected chi connectivity index (χ0v) is 17.0. The predicted molar refractivity (Wildman–Crippen MR) is 110 cm³/mol. The lowest BCUT2D eigenvalue weighted by Crippen LogP contribution is -2.48. The Labute approximate surface area is 172 Å². The maximum absolute atomic E-state index is 12.9. The Kier molecular flexibility index (Phi) is 6.63. The van der Waals surface area contributed by atoms with Crippen molar-refractivity contribution < 1.29 is 9.53 Å². The van der Waals surface area contributed by atoms with Gasteiger partial charge in [-0.3, -0.25) is 9.69 Å². The molecule has 1 aromatic rings. The highest BCUT2D eigenvalue weighted by Crippen LogP contribution is 2.26. The number of anilines is 1. The summed E-state index contributed by atoms with van der Waals surface area (Å²) in [4.78, 5) is 19.8. The molecule has 2 saturated heterocycles. The highest BCUT2D eigenvalue weighted by atomic mass is 16.5. The fraction of sp³-hybridized carbons (Fsp3) is 0.682. The van der Waals surface area contributed by atoms with Gasteiger partial charge in [-0.05, 0) is 57.1 Å². The van der Waals surface area contributed by atoms with Crippen LogP contribution in [0.5, 0.6) is 0 Å². The van der Waals surface area contributed by atoms with E-state index < -0.39 is 0 Å². The van der Waals surface area contributed by atoms with Gasteiger partial charge in [-0.15, -0.1) is 0 Å². The summed E-state index contributed by atoms with van der Waals surface area (Å²) in [5.74, 6) is 0.872. The first-order chi connectivity index (χ1) is 14.2. The molecule has 4 rings (SSSR count). The molecule has 0 spiro atoms. The number of pyridine rings is 1. The van der Waals surface area contributed by atoms with Gasteiger partial charge in [0.25, 0.3) is 0 Å². The first-order valence-corrected chi connectivity index (χ1v) is 11.0. The number of nitrogens with one attached hydrogen (secondary N) is 2. The number of ether oxygens (including phenoxy) is 1. The Hall–Kier alpha value is -2.17. The largest absolute Gasteiger partial charge is 0.381 e. The minimum atomic E-state index is 0.0180. The molecule has 0 unspecified atom stereocenters. The zero-order valence-electron chi connectivity index (χ0n) is 17.0. The van der Waals surface area contributed by atoms with Crippen molar-refractivity contribution >= 4 is 11.7 Å². The maximum Gasteiger partial charge on any atom is 0.224 e. The molecular weight excluding hydrogens is 366 g/mol. The smallest absolute Gasteiger partial charge is 0.224 e. The summed E-state index contributed by atoms with van der Waals surface area (Å²) in [5, 5.41) is 16.1. The Balaban J connectivity index is 1.47. The normalized spacial score (nSPS) is 26.7. The lowest BCUT2D eigenvalue weighted by Gasteiger charge is -2.36. The molecule has 2 N–H and O–H groups in total. The summed E-state index contributed by atoms with van der Waals surface area (Å²) in [5.41, 5.74) is 0.564. The van der Waals surface area contributed by atoms with Gasteiger partial charge in [0.2, 0.25) is 5.91 Å². The van der Waals surface area contributed by atoms with Crippen LogP contribution in [0.1, 0.15) is 50.5 Å². The molecule has 1 aliphatic carbocycles. The van der Waals surface area contributed by atoms with Gasteiger partial charge in [0.1, 0.15) is 11.9 Å². The standard InChI is InChI=1S/C22H31N5O2/c23-13-16-3-2-10-24-21(16)25-19-7-6-17(22(28)26-18-4-1-5-18)14-27(15-19)20-8-11-29-12-9-20/h2-3,10,17-20H,1,4-9,11-12,14-15H2,(H,24,25)(H,26,28)/t17-,19+/m1/s1. The molecule has 2 atom stereocenters. The average Bonchev–Trinajstić information content (AvgIpc) is 2.94. The summed E-state index contributed by atoms with van der Waals surface area (Å²) in [6.45, 7) is 3.24. The Morgan fingerprint density at radius 3 is 2.69 bits per heavy atom. The number of rotatable bonds is 5. The molecule has 0 bridgehead atoms. The molecule has 156 valence electrons. The number of carbonyl (C=O) groups is 1. The van der Waals surface area contributed by atoms with Crippen molar-refractivity contribution in [2.24, 2.45) is 5.92 Å². The van der Waals surface area contributed by atoms with E-state index in [9.17, 15) is 10.1 Å². The van der Waals surface area contributed by atoms with E-state index in [2.05, 4.69) is 26.6 Å². The second-order valence-electron chi connectivity index (χ2n) is 8.56. The average molecular weight is 398 g/mol. The Bertz CT molecular complexity index is 739. The molecule has 7 nitrogen and oxygen atoms in total. The molecule has 3 fully saturated rings. The molecule has 1 amide bonds. The topological polar surface area (TPSA) is 90.3 Å². The molecular formula is C22H31N5O2. The number of hydrogen-bond donors (Lipinski definition) is 2. The van der Waals surface area contributed by atoms with E-state index in [1.807, 2.05) is 0 Å². The van der Waals surface area contributed by atoms with E-state index in [1.54, 1.807) is 18.3 Å². The first-order valence-electron chi connectivity index (χ1n) is 11.0. The second-order valence-corrected chi connectivity index (χ2v) is 8.56. The monoisotopic (exact) mass is 397 g/mol. The van der Waals surface area contributed by atoms with Gasteiger partial charge >= 0.3 is 0 Å². The summed E-state index contributed by atoms with van der Waals surface area (Å²) in [6, 6.07) is 6.78. The Morgan fingerprint density at radius 2 is 1.97 bits per heavy atom. The van der Waals surface area contributed by atoms with E-state index in [0.29, 0.717) is 23.5 Å². The van der Waals surface area contributed by atoms with E-state index >= 15 is 0 Å². The molecule has 1 saturated carbocycles. The van der Waals surface area contributed by atoms with Gasteiger partial charge in [0, 0.05) is 50.6 Å². The number of amides is 1. The molecule has 7 heteroatoms. The van der Waals surface area contributed by atoms with Gasteiger partial charge in [-0.1, -0.05) is 0 Å². The molecule has 29 heavy (non-hydrogen) atoms. The van der Waals surface area contributed by atoms with Crippen LogP contribution in [0.15, 0.2) is 18.3 Å². The third kappa shape index (κ3) is 5.06. The molecule has 3 aliphatic rings. The lowest BCUT2D eigenvalue weighted by atomic mass is 9.91. The van der Waals surface area contributed by atoms with Crippen LogP contribution in [0.3, 0.4) is 0 Å². The van der Waals surface area contributed by atoms with Crippen molar-refractivity contribution in [1.82, 2.24) is 15.2 Å². The Morgan fingerprint density at radius 1 is 1.14 bits per heavy atom. The van der Waals surface area contributed by atoms with Crippen LogP contribution >= 0.6 is 0 Å². The van der Waals surface area contributed by atoms with Gasteiger partial charge in [0.05, 0.1) is 11.5 Å². The van der Waals surface area contributed by atoms with E-state index in [1.165, 1.54) is 6.42 Å². The number of hydrogen-bond acceptors (Lipinski definition) is 6. The lowest BCUT2D eigenvalue weighted by molar-refractivity contribution is -0.127. The zero-order chi connectivity index (χ0) is 20.1.